The van der Waals surface area contributed by atoms with Crippen LogP contribution in [0.15, 0.2) is 18.2 Å². The van der Waals surface area contributed by atoms with Gasteiger partial charge >= 0.3 is 5.97 Å². The standard InChI is InChI=1S/C15H21N3O3/c1-2-21-15(20)11-9-10(6-7-12(11)16)18-8-4-3-5-13(18)14(17)19/h6-7,9,13H,2-5,8,16H2,1H3,(H2,17,19). The Hall–Kier alpha value is -2.24. The van der Waals surface area contributed by atoms with Gasteiger partial charge in [0.1, 0.15) is 6.04 Å². The van der Waals surface area contributed by atoms with Crippen LogP contribution in [-0.2, 0) is 9.53 Å². The van der Waals surface area contributed by atoms with Crippen molar-refractivity contribution in [3.05, 3.63) is 23.8 Å². The number of nitrogen functional groups attached to an aromatic ring is 1. The van der Waals surface area contributed by atoms with E-state index in [-0.39, 0.29) is 18.6 Å². The average molecular weight is 291 g/mol. The van der Waals surface area contributed by atoms with E-state index in [1.807, 2.05) is 4.90 Å². The van der Waals surface area contributed by atoms with Crippen LogP contribution in [0.4, 0.5) is 11.4 Å². The molecular formula is C15H21N3O3. The summed E-state index contributed by atoms with van der Waals surface area (Å²) in [5.74, 6) is -0.798. The molecule has 0 spiro atoms. The van der Waals surface area contributed by atoms with Gasteiger partial charge in [-0.25, -0.2) is 4.79 Å². The molecule has 4 N–H and O–H groups in total. The summed E-state index contributed by atoms with van der Waals surface area (Å²) in [5.41, 5.74) is 12.8. The number of carbonyl (C=O) groups excluding carboxylic acids is 2. The molecule has 6 nitrogen and oxygen atoms in total. The van der Waals surface area contributed by atoms with Crippen molar-refractivity contribution in [3.8, 4) is 0 Å². The first kappa shape index (κ1) is 15.2. The van der Waals surface area contributed by atoms with Gasteiger partial charge in [-0.05, 0) is 44.4 Å². The minimum absolute atomic E-state index is 0.288. The molecule has 1 aliphatic heterocycles. The number of nitrogens with zero attached hydrogens (tertiary/aromatic N) is 1. The molecule has 0 saturated carbocycles. The minimum atomic E-state index is -0.454. The molecule has 1 aromatic rings. The van der Waals surface area contributed by atoms with Crippen LogP contribution in [0.25, 0.3) is 0 Å². The second kappa shape index (κ2) is 6.47. The first-order valence-electron chi connectivity index (χ1n) is 7.17. The molecule has 6 heteroatoms. The summed E-state index contributed by atoms with van der Waals surface area (Å²) in [6.07, 6.45) is 2.70. The van der Waals surface area contributed by atoms with E-state index in [9.17, 15) is 9.59 Å². The zero-order chi connectivity index (χ0) is 15.4. The molecule has 1 heterocycles. The van der Waals surface area contributed by atoms with Gasteiger partial charge in [0.05, 0.1) is 12.2 Å². The van der Waals surface area contributed by atoms with Crippen LogP contribution in [0.5, 0.6) is 0 Å². The van der Waals surface area contributed by atoms with E-state index in [1.54, 1.807) is 25.1 Å². The number of amides is 1. The number of esters is 1. The van der Waals surface area contributed by atoms with Crippen LogP contribution in [-0.4, -0.2) is 31.1 Å². The Morgan fingerprint density at radius 1 is 1.38 bits per heavy atom. The summed E-state index contributed by atoms with van der Waals surface area (Å²) in [7, 11) is 0. The summed E-state index contributed by atoms with van der Waals surface area (Å²) >= 11 is 0. The van der Waals surface area contributed by atoms with E-state index in [0.29, 0.717) is 11.3 Å². The maximum absolute atomic E-state index is 11.9. The smallest absolute Gasteiger partial charge is 0.340 e. The van der Waals surface area contributed by atoms with Gasteiger partial charge in [-0.1, -0.05) is 0 Å². The van der Waals surface area contributed by atoms with Crippen molar-refractivity contribution < 1.29 is 14.3 Å². The highest BCUT2D eigenvalue weighted by Gasteiger charge is 2.27. The van der Waals surface area contributed by atoms with Crippen LogP contribution in [0.3, 0.4) is 0 Å². The maximum Gasteiger partial charge on any atom is 0.340 e. The second-order valence-corrected chi connectivity index (χ2v) is 5.10. The number of rotatable bonds is 4. The Balaban J connectivity index is 2.32. The number of piperidine rings is 1. The molecule has 1 unspecified atom stereocenters. The van der Waals surface area contributed by atoms with Crippen LogP contribution in [0.2, 0.25) is 0 Å². The Morgan fingerprint density at radius 3 is 2.81 bits per heavy atom. The zero-order valence-electron chi connectivity index (χ0n) is 12.2. The fraction of sp³-hybridized carbons (Fsp3) is 0.467. The van der Waals surface area contributed by atoms with Gasteiger partial charge in [0.25, 0.3) is 0 Å². The molecule has 1 fully saturated rings. The fourth-order valence-corrected chi connectivity index (χ4v) is 2.64. The van der Waals surface area contributed by atoms with Crippen LogP contribution in [0, 0.1) is 0 Å². The van der Waals surface area contributed by atoms with Crippen molar-refractivity contribution >= 4 is 23.3 Å². The number of hydrogen-bond acceptors (Lipinski definition) is 5. The normalized spacial score (nSPS) is 18.3. The molecule has 1 aromatic carbocycles. The molecule has 0 aliphatic carbocycles. The van der Waals surface area contributed by atoms with E-state index in [4.69, 9.17) is 16.2 Å². The van der Waals surface area contributed by atoms with Gasteiger partial charge in [0.15, 0.2) is 0 Å². The highest BCUT2D eigenvalue weighted by Crippen LogP contribution is 2.28. The lowest BCUT2D eigenvalue weighted by molar-refractivity contribution is -0.119. The molecule has 1 aliphatic rings. The lowest BCUT2D eigenvalue weighted by Gasteiger charge is -2.35. The lowest BCUT2D eigenvalue weighted by atomic mass is 10.00. The van der Waals surface area contributed by atoms with Crippen molar-refractivity contribution in [2.24, 2.45) is 5.73 Å². The molecule has 0 aromatic heterocycles. The molecule has 0 radical (unpaired) electrons. The third-order valence-corrected chi connectivity index (χ3v) is 3.70. The number of nitrogens with two attached hydrogens (primary N) is 2. The van der Waals surface area contributed by atoms with Crippen LogP contribution >= 0.6 is 0 Å². The van der Waals surface area contributed by atoms with Gasteiger partial charge in [0, 0.05) is 17.9 Å². The molecule has 1 saturated heterocycles. The van der Waals surface area contributed by atoms with E-state index in [1.165, 1.54) is 0 Å². The summed E-state index contributed by atoms with van der Waals surface area (Å²) in [6, 6.07) is 4.81. The molecule has 2 rings (SSSR count). The molecule has 114 valence electrons. The van der Waals surface area contributed by atoms with Gasteiger partial charge in [-0.15, -0.1) is 0 Å². The Morgan fingerprint density at radius 2 is 2.14 bits per heavy atom. The maximum atomic E-state index is 11.9. The summed E-state index contributed by atoms with van der Waals surface area (Å²) in [6.45, 7) is 2.77. The number of ether oxygens (including phenoxy) is 1. The highest BCUT2D eigenvalue weighted by atomic mass is 16.5. The van der Waals surface area contributed by atoms with E-state index < -0.39 is 5.97 Å². The third-order valence-electron chi connectivity index (χ3n) is 3.70. The third kappa shape index (κ3) is 3.26. The van der Waals surface area contributed by atoms with Crippen LogP contribution in [0.1, 0.15) is 36.5 Å². The van der Waals surface area contributed by atoms with Crippen LogP contribution < -0.4 is 16.4 Å². The summed E-state index contributed by atoms with van der Waals surface area (Å²) in [5, 5.41) is 0. The second-order valence-electron chi connectivity index (χ2n) is 5.10. The Bertz CT molecular complexity index is 545. The predicted octanol–water partition coefficient (Wildman–Crippen LogP) is 1.29. The Labute approximate surface area is 124 Å². The van der Waals surface area contributed by atoms with E-state index in [2.05, 4.69) is 0 Å². The topological polar surface area (TPSA) is 98.6 Å². The molecule has 1 atom stereocenters. The number of hydrogen-bond donors (Lipinski definition) is 2. The van der Waals surface area contributed by atoms with Crippen molar-refractivity contribution in [3.63, 3.8) is 0 Å². The van der Waals surface area contributed by atoms with Gasteiger partial charge < -0.3 is 21.1 Å². The van der Waals surface area contributed by atoms with Gasteiger partial charge in [0.2, 0.25) is 5.91 Å². The van der Waals surface area contributed by atoms with E-state index >= 15 is 0 Å². The number of primary amides is 1. The summed E-state index contributed by atoms with van der Waals surface area (Å²) in [4.78, 5) is 25.4. The predicted molar refractivity (Wildman–Crippen MR) is 81.0 cm³/mol. The van der Waals surface area contributed by atoms with Crippen molar-refractivity contribution in [1.29, 1.82) is 0 Å². The highest BCUT2D eigenvalue weighted by molar-refractivity contribution is 5.96. The first-order valence-corrected chi connectivity index (χ1v) is 7.17. The first-order chi connectivity index (χ1) is 10.0. The quantitative estimate of drug-likeness (QED) is 0.643. The average Bonchev–Trinajstić information content (AvgIpc) is 2.48. The van der Waals surface area contributed by atoms with Crippen molar-refractivity contribution in [1.82, 2.24) is 0 Å². The lowest BCUT2D eigenvalue weighted by Crippen LogP contribution is -2.47. The molecule has 0 bridgehead atoms. The largest absolute Gasteiger partial charge is 0.462 e. The molecular weight excluding hydrogens is 270 g/mol. The number of benzene rings is 1. The molecule has 1 amide bonds. The molecule has 21 heavy (non-hydrogen) atoms. The monoisotopic (exact) mass is 291 g/mol. The Kier molecular flexibility index (Phi) is 4.67. The SMILES string of the molecule is CCOC(=O)c1cc(N2CCCCC2C(N)=O)ccc1N. The number of carbonyl (C=O) groups is 2. The van der Waals surface area contributed by atoms with Gasteiger partial charge in [-0.2, -0.15) is 0 Å². The minimum Gasteiger partial charge on any atom is -0.462 e. The number of anilines is 2. The van der Waals surface area contributed by atoms with Gasteiger partial charge in [-0.3, -0.25) is 4.79 Å². The van der Waals surface area contributed by atoms with Crippen molar-refractivity contribution in [2.45, 2.75) is 32.2 Å². The zero-order valence-corrected chi connectivity index (χ0v) is 12.2. The van der Waals surface area contributed by atoms with E-state index in [0.717, 1.165) is 31.5 Å². The summed E-state index contributed by atoms with van der Waals surface area (Å²) < 4.78 is 5.00. The van der Waals surface area contributed by atoms with Crippen molar-refractivity contribution in [2.75, 3.05) is 23.8 Å². The fourth-order valence-electron chi connectivity index (χ4n) is 2.64.